The Morgan fingerprint density at radius 3 is 2.57 bits per heavy atom. The number of imidazole rings is 1. The first-order chi connectivity index (χ1) is 14.0. The predicted octanol–water partition coefficient (Wildman–Crippen LogP) is 5.02. The fourth-order valence-electron chi connectivity index (χ4n) is 3.50. The zero-order valence-corrected chi connectivity index (χ0v) is 20.0. The SMILES string of the molecule is Cn1cc(CCCC(O[Si](C)(C)C(C)(C)C)n2cnc(C(N)=O)c2)c2ccccc21. The van der Waals surface area contributed by atoms with Crippen LogP contribution in [0.4, 0.5) is 0 Å². The largest absolute Gasteiger partial charge is 0.397 e. The van der Waals surface area contributed by atoms with Crippen molar-refractivity contribution in [2.24, 2.45) is 12.8 Å². The van der Waals surface area contributed by atoms with Crippen LogP contribution >= 0.6 is 0 Å². The van der Waals surface area contributed by atoms with Gasteiger partial charge in [0.15, 0.2) is 8.32 Å². The van der Waals surface area contributed by atoms with Crippen LogP contribution in [-0.2, 0) is 17.9 Å². The first kappa shape index (κ1) is 22.3. The van der Waals surface area contributed by atoms with Crippen LogP contribution in [0.25, 0.3) is 10.9 Å². The molecule has 2 N–H and O–H groups in total. The number of carbonyl (C=O) groups excluding carboxylic acids is 1. The average molecular weight is 427 g/mol. The second-order valence-electron chi connectivity index (χ2n) is 9.58. The lowest BCUT2D eigenvalue weighted by molar-refractivity contribution is 0.0988. The molecule has 0 saturated carbocycles. The Bertz CT molecular complexity index is 1030. The van der Waals surface area contributed by atoms with Crippen molar-refractivity contribution in [3.05, 3.63) is 54.2 Å². The molecule has 0 fully saturated rings. The Hall–Kier alpha value is -2.38. The quantitative estimate of drug-likeness (QED) is 0.514. The highest BCUT2D eigenvalue weighted by Crippen LogP contribution is 2.39. The van der Waals surface area contributed by atoms with Gasteiger partial charge >= 0.3 is 0 Å². The van der Waals surface area contributed by atoms with Gasteiger partial charge in [0.05, 0.1) is 6.33 Å². The van der Waals surface area contributed by atoms with E-state index in [-0.39, 0.29) is 17.0 Å². The number of nitrogens with two attached hydrogens (primary N) is 1. The van der Waals surface area contributed by atoms with E-state index in [1.165, 1.54) is 16.5 Å². The molecule has 1 aromatic carbocycles. The molecule has 30 heavy (non-hydrogen) atoms. The molecule has 0 aliphatic carbocycles. The highest BCUT2D eigenvalue weighted by Gasteiger charge is 2.39. The number of amides is 1. The molecule has 0 radical (unpaired) electrons. The summed E-state index contributed by atoms with van der Waals surface area (Å²) >= 11 is 0. The molecule has 0 spiro atoms. The Morgan fingerprint density at radius 1 is 1.23 bits per heavy atom. The number of hydrogen-bond donors (Lipinski definition) is 1. The van der Waals surface area contributed by atoms with Crippen LogP contribution in [0.1, 0.15) is 55.9 Å². The lowest BCUT2D eigenvalue weighted by atomic mass is 10.1. The maximum absolute atomic E-state index is 11.5. The van der Waals surface area contributed by atoms with Crippen LogP contribution in [0.15, 0.2) is 43.0 Å². The number of nitrogens with zero attached hydrogens (tertiary/aromatic N) is 3. The van der Waals surface area contributed by atoms with Gasteiger partial charge in [-0.1, -0.05) is 39.0 Å². The number of hydrogen-bond acceptors (Lipinski definition) is 3. The number of aryl methyl sites for hydroxylation is 2. The number of benzene rings is 1. The molecule has 6 nitrogen and oxygen atoms in total. The minimum absolute atomic E-state index is 0.0913. The Balaban J connectivity index is 1.78. The summed E-state index contributed by atoms with van der Waals surface area (Å²) in [5, 5.41) is 1.40. The first-order valence-electron chi connectivity index (χ1n) is 10.5. The molecule has 0 saturated heterocycles. The summed E-state index contributed by atoms with van der Waals surface area (Å²) in [7, 11) is 0.0829. The molecular weight excluding hydrogens is 392 g/mol. The standard InChI is InChI=1S/C23H34N4O2Si/c1-23(2,3)30(5,6)29-21(27-15-19(22(24)28)25-16-27)13-9-10-17-14-26(4)20-12-8-7-11-18(17)20/h7-8,11-12,14-16,21H,9-10,13H2,1-6H3,(H2,24,28). The van der Waals surface area contributed by atoms with Gasteiger partial charge in [-0.15, -0.1) is 0 Å². The van der Waals surface area contributed by atoms with Crippen molar-refractivity contribution in [3.8, 4) is 0 Å². The van der Waals surface area contributed by atoms with E-state index in [2.05, 4.69) is 80.9 Å². The van der Waals surface area contributed by atoms with Gasteiger partial charge in [-0.25, -0.2) is 4.98 Å². The summed E-state index contributed by atoms with van der Waals surface area (Å²) in [6.07, 6.45) is 8.20. The maximum atomic E-state index is 11.5. The molecule has 0 aliphatic rings. The van der Waals surface area contributed by atoms with E-state index in [0.717, 1.165) is 19.3 Å². The van der Waals surface area contributed by atoms with Crippen molar-refractivity contribution >= 4 is 25.1 Å². The minimum atomic E-state index is -2.01. The van der Waals surface area contributed by atoms with Gasteiger partial charge in [-0.05, 0) is 49.0 Å². The maximum Gasteiger partial charge on any atom is 0.268 e. The van der Waals surface area contributed by atoms with Crippen LogP contribution in [0, 0.1) is 0 Å². The van der Waals surface area contributed by atoms with Crippen LogP contribution in [-0.4, -0.2) is 28.3 Å². The zero-order valence-electron chi connectivity index (χ0n) is 19.0. The van der Waals surface area contributed by atoms with Gasteiger partial charge in [0.2, 0.25) is 0 Å². The van der Waals surface area contributed by atoms with Gasteiger partial charge in [-0.3, -0.25) is 4.79 Å². The zero-order chi connectivity index (χ0) is 22.1. The highest BCUT2D eigenvalue weighted by molar-refractivity contribution is 6.74. The van der Waals surface area contributed by atoms with Crippen molar-refractivity contribution in [1.82, 2.24) is 14.1 Å². The third kappa shape index (κ3) is 4.68. The van der Waals surface area contributed by atoms with E-state index in [0.29, 0.717) is 0 Å². The third-order valence-corrected chi connectivity index (χ3v) is 10.8. The van der Waals surface area contributed by atoms with Crippen molar-refractivity contribution < 1.29 is 9.22 Å². The highest BCUT2D eigenvalue weighted by atomic mass is 28.4. The van der Waals surface area contributed by atoms with Crippen LogP contribution in [0.2, 0.25) is 18.1 Å². The van der Waals surface area contributed by atoms with E-state index in [9.17, 15) is 4.79 Å². The number of primary amides is 1. The van der Waals surface area contributed by atoms with Crippen LogP contribution in [0.3, 0.4) is 0 Å². The molecule has 1 atom stereocenters. The predicted molar refractivity (Wildman–Crippen MR) is 124 cm³/mol. The smallest absolute Gasteiger partial charge is 0.268 e. The van der Waals surface area contributed by atoms with Crippen LogP contribution in [0.5, 0.6) is 0 Å². The average Bonchev–Trinajstić information content (AvgIpc) is 3.26. The Labute approximate surface area is 180 Å². The summed E-state index contributed by atoms with van der Waals surface area (Å²) in [6.45, 7) is 11.2. The Kier molecular flexibility index (Phi) is 6.24. The third-order valence-electron chi connectivity index (χ3n) is 6.30. The molecule has 2 aromatic heterocycles. The second-order valence-corrected chi connectivity index (χ2v) is 14.3. The summed E-state index contributed by atoms with van der Waals surface area (Å²) < 4.78 is 10.8. The van der Waals surface area contributed by atoms with E-state index < -0.39 is 14.2 Å². The van der Waals surface area contributed by atoms with E-state index in [4.69, 9.17) is 10.2 Å². The molecule has 2 heterocycles. The Morgan fingerprint density at radius 2 is 1.93 bits per heavy atom. The number of para-hydroxylation sites is 1. The summed E-state index contributed by atoms with van der Waals surface area (Å²) in [5.74, 6) is -0.518. The minimum Gasteiger partial charge on any atom is -0.397 e. The molecule has 1 unspecified atom stereocenters. The molecule has 1 amide bonds. The van der Waals surface area contributed by atoms with Gasteiger partial charge in [0.1, 0.15) is 11.9 Å². The fourth-order valence-corrected chi connectivity index (χ4v) is 4.77. The monoisotopic (exact) mass is 426 g/mol. The van der Waals surface area contributed by atoms with Gasteiger partial charge in [-0.2, -0.15) is 0 Å². The van der Waals surface area contributed by atoms with Gasteiger partial charge in [0, 0.05) is 30.3 Å². The lowest BCUT2D eigenvalue weighted by Gasteiger charge is -2.39. The van der Waals surface area contributed by atoms with Crippen molar-refractivity contribution in [1.29, 1.82) is 0 Å². The molecule has 0 aliphatic heterocycles. The molecular formula is C23H34N4O2Si. The van der Waals surface area contributed by atoms with Gasteiger partial charge in [0.25, 0.3) is 5.91 Å². The molecule has 3 aromatic rings. The van der Waals surface area contributed by atoms with E-state index in [1.54, 1.807) is 12.5 Å². The second kappa shape index (κ2) is 8.39. The normalized spacial score (nSPS) is 13.7. The number of aromatic nitrogens is 3. The lowest BCUT2D eigenvalue weighted by Crippen LogP contribution is -2.42. The molecule has 0 bridgehead atoms. The summed E-state index contributed by atoms with van der Waals surface area (Å²) in [5.41, 5.74) is 8.28. The van der Waals surface area contributed by atoms with Crippen molar-refractivity contribution in [2.75, 3.05) is 0 Å². The van der Waals surface area contributed by atoms with E-state index >= 15 is 0 Å². The fraction of sp³-hybridized carbons (Fsp3) is 0.478. The number of carbonyl (C=O) groups is 1. The summed E-state index contributed by atoms with van der Waals surface area (Å²) in [6, 6.07) is 8.50. The van der Waals surface area contributed by atoms with E-state index in [1.807, 2.05) is 4.57 Å². The first-order valence-corrected chi connectivity index (χ1v) is 13.4. The number of rotatable bonds is 8. The topological polar surface area (TPSA) is 75.1 Å². The van der Waals surface area contributed by atoms with Crippen molar-refractivity contribution in [3.63, 3.8) is 0 Å². The van der Waals surface area contributed by atoms with Crippen LogP contribution < -0.4 is 5.73 Å². The van der Waals surface area contributed by atoms with Gasteiger partial charge < -0.3 is 19.3 Å². The summed E-state index contributed by atoms with van der Waals surface area (Å²) in [4.78, 5) is 15.7. The molecule has 3 rings (SSSR count). The van der Waals surface area contributed by atoms with Crippen molar-refractivity contribution in [2.45, 2.75) is 64.4 Å². The number of fused-ring (bicyclic) bond motifs is 1. The molecule has 7 heteroatoms. The molecule has 162 valence electrons.